The quantitative estimate of drug-likeness (QED) is 0.534. The molecule has 0 saturated carbocycles. The second-order valence-corrected chi connectivity index (χ2v) is 9.78. The first-order valence-corrected chi connectivity index (χ1v) is 13.1. The highest BCUT2D eigenvalue weighted by atomic mass is 19.1. The Morgan fingerprint density at radius 2 is 1.97 bits per heavy atom. The van der Waals surface area contributed by atoms with Crippen molar-refractivity contribution >= 4 is 29.7 Å². The Balaban J connectivity index is 1.34. The maximum absolute atomic E-state index is 14.9. The molecule has 2 aliphatic heterocycles. The van der Waals surface area contributed by atoms with Crippen LogP contribution in [-0.2, 0) is 4.74 Å². The molecule has 13 nitrogen and oxygen atoms in total. The van der Waals surface area contributed by atoms with Crippen LogP contribution in [0.25, 0.3) is 0 Å². The lowest BCUT2D eigenvalue weighted by Gasteiger charge is -2.39. The van der Waals surface area contributed by atoms with Gasteiger partial charge in [-0.25, -0.2) is 28.9 Å². The highest BCUT2D eigenvalue weighted by molar-refractivity contribution is 5.88. The van der Waals surface area contributed by atoms with Gasteiger partial charge in [-0.15, -0.1) is 0 Å². The number of urea groups is 1. The summed E-state index contributed by atoms with van der Waals surface area (Å²) in [4.78, 5) is 47.5. The molecule has 0 aromatic carbocycles. The average Bonchev–Trinajstić information content (AvgIpc) is 2.92. The molecular weight excluding hydrogens is 509 g/mol. The van der Waals surface area contributed by atoms with Crippen LogP contribution in [0.15, 0.2) is 24.7 Å². The smallest absolute Gasteiger partial charge is 0.413 e. The van der Waals surface area contributed by atoms with Gasteiger partial charge in [0.1, 0.15) is 18.1 Å². The van der Waals surface area contributed by atoms with Crippen LogP contribution in [0.4, 0.5) is 31.6 Å². The molecule has 4 heterocycles. The molecule has 0 unspecified atom stereocenters. The topological polar surface area (TPSA) is 138 Å². The van der Waals surface area contributed by atoms with Crippen molar-refractivity contribution in [2.75, 3.05) is 55.9 Å². The SMILES string of the molecule is CCOc1cnc(NC(=O)N(C)[C@H]2CN(c3nccc(NC(=O)O[C@H]4CCN(C)[C@H](C)C4)n3)CC[C@H]2F)cn1. The zero-order chi connectivity index (χ0) is 27.9. The van der Waals surface area contributed by atoms with Gasteiger partial charge < -0.3 is 24.2 Å². The molecular formula is C25H36FN9O4. The van der Waals surface area contributed by atoms with Crippen molar-refractivity contribution in [2.45, 2.75) is 57.5 Å². The van der Waals surface area contributed by atoms with Crippen LogP contribution in [0.3, 0.4) is 0 Å². The van der Waals surface area contributed by atoms with Crippen molar-refractivity contribution in [3.63, 3.8) is 0 Å². The van der Waals surface area contributed by atoms with Gasteiger partial charge in [0.15, 0.2) is 5.82 Å². The van der Waals surface area contributed by atoms with Gasteiger partial charge in [-0.1, -0.05) is 0 Å². The van der Waals surface area contributed by atoms with Gasteiger partial charge >= 0.3 is 12.1 Å². The first kappa shape index (κ1) is 28.2. The minimum atomic E-state index is -1.24. The number of likely N-dealkylation sites (tertiary alicyclic amines) is 1. The van der Waals surface area contributed by atoms with E-state index in [0.29, 0.717) is 31.0 Å². The average molecular weight is 546 g/mol. The molecule has 2 saturated heterocycles. The van der Waals surface area contributed by atoms with Crippen LogP contribution in [-0.4, -0.2) is 107 Å². The van der Waals surface area contributed by atoms with Gasteiger partial charge in [-0.3, -0.25) is 10.6 Å². The summed E-state index contributed by atoms with van der Waals surface area (Å²) in [6.45, 7) is 5.77. The van der Waals surface area contributed by atoms with Crippen molar-refractivity contribution in [3.05, 3.63) is 24.7 Å². The molecule has 0 bridgehead atoms. The molecule has 2 aromatic heterocycles. The largest absolute Gasteiger partial charge is 0.477 e. The third-order valence-electron chi connectivity index (χ3n) is 7.06. The van der Waals surface area contributed by atoms with Crippen molar-refractivity contribution < 1.29 is 23.5 Å². The van der Waals surface area contributed by atoms with Gasteiger partial charge in [-0.05, 0) is 46.2 Å². The summed E-state index contributed by atoms with van der Waals surface area (Å²) < 4.78 is 25.8. The fraction of sp³-hybridized carbons (Fsp3) is 0.600. The zero-order valence-corrected chi connectivity index (χ0v) is 22.7. The van der Waals surface area contributed by atoms with Crippen LogP contribution in [0.1, 0.15) is 33.1 Å². The van der Waals surface area contributed by atoms with Gasteiger partial charge in [0, 0.05) is 38.9 Å². The van der Waals surface area contributed by atoms with Crippen LogP contribution >= 0.6 is 0 Å². The molecule has 212 valence electrons. The lowest BCUT2D eigenvalue weighted by molar-refractivity contribution is 0.0440. The molecule has 0 radical (unpaired) electrons. The van der Waals surface area contributed by atoms with Crippen molar-refractivity contribution in [3.8, 4) is 5.88 Å². The van der Waals surface area contributed by atoms with E-state index in [1.165, 1.54) is 30.5 Å². The Kier molecular flexibility index (Phi) is 9.28. The number of alkyl halides is 1. The van der Waals surface area contributed by atoms with Crippen molar-refractivity contribution in [1.29, 1.82) is 0 Å². The number of nitrogens with one attached hydrogen (secondary N) is 2. The predicted molar refractivity (Wildman–Crippen MR) is 143 cm³/mol. The minimum absolute atomic E-state index is 0.155. The number of nitrogens with zero attached hydrogens (tertiary/aromatic N) is 7. The lowest BCUT2D eigenvalue weighted by Crippen LogP contribution is -2.55. The summed E-state index contributed by atoms with van der Waals surface area (Å²) >= 11 is 0. The van der Waals surface area contributed by atoms with Crippen molar-refractivity contribution in [2.24, 2.45) is 0 Å². The monoisotopic (exact) mass is 545 g/mol. The van der Waals surface area contributed by atoms with Gasteiger partial charge in [0.2, 0.25) is 11.8 Å². The van der Waals surface area contributed by atoms with E-state index in [2.05, 4.69) is 49.4 Å². The Morgan fingerprint density at radius 1 is 1.15 bits per heavy atom. The maximum Gasteiger partial charge on any atom is 0.413 e. The van der Waals surface area contributed by atoms with Crippen LogP contribution < -0.4 is 20.3 Å². The zero-order valence-electron chi connectivity index (χ0n) is 22.7. The highest BCUT2D eigenvalue weighted by Gasteiger charge is 2.35. The molecule has 0 spiro atoms. The van der Waals surface area contributed by atoms with Gasteiger partial charge in [-0.2, -0.15) is 4.98 Å². The lowest BCUT2D eigenvalue weighted by atomic mass is 10.0. The Bertz CT molecular complexity index is 1120. The number of rotatable bonds is 7. The third-order valence-corrected chi connectivity index (χ3v) is 7.06. The second kappa shape index (κ2) is 12.8. The van der Waals surface area contributed by atoms with E-state index < -0.39 is 24.3 Å². The molecule has 4 atom stereocenters. The second-order valence-electron chi connectivity index (χ2n) is 9.78. The molecule has 2 aliphatic rings. The fourth-order valence-electron chi connectivity index (χ4n) is 4.61. The van der Waals surface area contributed by atoms with E-state index in [0.717, 1.165) is 19.4 Å². The summed E-state index contributed by atoms with van der Waals surface area (Å²) in [5, 5.41) is 5.30. The molecule has 3 amide bonds. The summed E-state index contributed by atoms with van der Waals surface area (Å²) in [5.41, 5.74) is 0. The fourth-order valence-corrected chi connectivity index (χ4v) is 4.61. The molecule has 2 N–H and O–H groups in total. The van der Waals surface area contributed by atoms with Gasteiger partial charge in [0.05, 0.1) is 25.0 Å². The Hall–Kier alpha value is -3.81. The van der Waals surface area contributed by atoms with E-state index in [9.17, 15) is 14.0 Å². The van der Waals surface area contributed by atoms with Crippen molar-refractivity contribution in [1.82, 2.24) is 29.7 Å². The van der Waals surface area contributed by atoms with E-state index in [-0.39, 0.29) is 30.7 Å². The number of aromatic nitrogens is 4. The highest BCUT2D eigenvalue weighted by Crippen LogP contribution is 2.24. The molecule has 0 aliphatic carbocycles. The van der Waals surface area contributed by atoms with E-state index >= 15 is 0 Å². The van der Waals surface area contributed by atoms with Gasteiger partial charge in [0.25, 0.3) is 0 Å². The molecule has 2 aromatic rings. The van der Waals surface area contributed by atoms with E-state index in [1.807, 2.05) is 6.92 Å². The normalized spacial score (nSPS) is 23.6. The predicted octanol–water partition coefficient (Wildman–Crippen LogP) is 2.78. The minimum Gasteiger partial charge on any atom is -0.477 e. The van der Waals surface area contributed by atoms with Crippen LogP contribution in [0.2, 0.25) is 0 Å². The first-order chi connectivity index (χ1) is 18.7. The number of hydrogen-bond acceptors (Lipinski definition) is 10. The maximum atomic E-state index is 14.9. The molecule has 39 heavy (non-hydrogen) atoms. The van der Waals surface area contributed by atoms with E-state index in [4.69, 9.17) is 9.47 Å². The third kappa shape index (κ3) is 7.40. The standard InChI is InChI=1S/C25H36FN9O4/c1-5-38-22-14-28-21(13-29-22)31-24(36)34(4)19-15-35(11-8-18(19)26)23-27-9-6-20(30-23)32-25(37)39-17-7-10-33(3)16(2)12-17/h6,9,13-14,16-19H,5,7-8,10-12,15H2,1-4H3,(H,28,31,36)(H,27,30,32,37)/t16-,17+,18-,19+/m1/s1. The first-order valence-electron chi connectivity index (χ1n) is 13.1. The molecule has 4 rings (SSSR count). The number of carbonyl (C=O) groups excluding carboxylic acids is 2. The number of amides is 3. The number of ether oxygens (including phenoxy) is 2. The number of halogens is 1. The molecule has 14 heteroatoms. The Labute approximate surface area is 227 Å². The number of anilines is 3. The number of hydrogen-bond donors (Lipinski definition) is 2. The van der Waals surface area contributed by atoms with Crippen LogP contribution in [0.5, 0.6) is 5.88 Å². The summed E-state index contributed by atoms with van der Waals surface area (Å²) in [6, 6.07) is 0.623. The number of piperidine rings is 2. The van der Waals surface area contributed by atoms with Crippen LogP contribution in [0, 0.1) is 0 Å². The molecule has 2 fully saturated rings. The summed E-state index contributed by atoms with van der Waals surface area (Å²) in [6.07, 6.45) is 4.06. The summed E-state index contributed by atoms with van der Waals surface area (Å²) in [5.74, 6) is 1.17. The number of carbonyl (C=O) groups is 2. The Morgan fingerprint density at radius 3 is 2.69 bits per heavy atom. The number of likely N-dealkylation sites (N-methyl/N-ethyl adjacent to an activating group) is 1. The summed E-state index contributed by atoms with van der Waals surface area (Å²) in [7, 11) is 3.58. The van der Waals surface area contributed by atoms with E-state index in [1.54, 1.807) is 11.0 Å².